The van der Waals surface area contributed by atoms with Crippen LogP contribution in [-0.2, 0) is 15.9 Å². The van der Waals surface area contributed by atoms with Gasteiger partial charge in [-0.2, -0.15) is 0 Å². The molecular formula is C35H38O4. The Balaban J connectivity index is 1.46. The van der Waals surface area contributed by atoms with Crippen molar-refractivity contribution >= 4 is 5.97 Å². The van der Waals surface area contributed by atoms with E-state index in [2.05, 4.69) is 80.6 Å². The number of ether oxygens (including phenoxy) is 3. The lowest BCUT2D eigenvalue weighted by Gasteiger charge is -2.20. The van der Waals surface area contributed by atoms with Gasteiger partial charge in [-0.25, -0.2) is 4.79 Å². The third kappa shape index (κ3) is 7.15. The second-order valence-corrected chi connectivity index (χ2v) is 9.78. The maximum absolute atomic E-state index is 12.5. The van der Waals surface area contributed by atoms with Gasteiger partial charge in [-0.05, 0) is 77.6 Å². The molecule has 4 rings (SSSR count). The maximum Gasteiger partial charge on any atom is 0.341 e. The molecule has 0 aliphatic heterocycles. The fourth-order valence-corrected chi connectivity index (χ4v) is 4.81. The first kappa shape index (κ1) is 28.1. The van der Waals surface area contributed by atoms with Crippen LogP contribution in [0.15, 0.2) is 97.1 Å². The van der Waals surface area contributed by atoms with E-state index in [1.165, 1.54) is 34.9 Å². The summed E-state index contributed by atoms with van der Waals surface area (Å²) in [5.74, 6) is 0.408. The monoisotopic (exact) mass is 522 g/mol. The normalized spacial score (nSPS) is 12.5. The smallest absolute Gasteiger partial charge is 0.341 e. The molecule has 4 heteroatoms. The fourth-order valence-electron chi connectivity index (χ4n) is 4.81. The topological polar surface area (TPSA) is 44.8 Å². The molecule has 0 amide bonds. The van der Waals surface area contributed by atoms with E-state index in [1.807, 2.05) is 37.3 Å². The summed E-state index contributed by atoms with van der Waals surface area (Å²) < 4.78 is 17.1. The van der Waals surface area contributed by atoms with Crippen molar-refractivity contribution in [2.75, 3.05) is 13.7 Å². The third-order valence-electron chi connectivity index (χ3n) is 7.15. The molecule has 0 fully saturated rings. The number of methoxy groups -OCH3 is 1. The van der Waals surface area contributed by atoms with Crippen LogP contribution in [0.1, 0.15) is 61.0 Å². The number of esters is 1. The molecule has 0 heterocycles. The predicted octanol–water partition coefficient (Wildman–Crippen LogP) is 8.69. The van der Waals surface area contributed by atoms with Gasteiger partial charge in [0.05, 0.1) is 13.7 Å². The van der Waals surface area contributed by atoms with Crippen LogP contribution in [0.2, 0.25) is 0 Å². The minimum atomic E-state index is -0.513. The zero-order valence-electron chi connectivity index (χ0n) is 23.4. The summed E-state index contributed by atoms with van der Waals surface area (Å²) in [7, 11) is 1.39. The summed E-state index contributed by atoms with van der Waals surface area (Å²) in [6, 6.07) is 33.3. The van der Waals surface area contributed by atoms with Crippen molar-refractivity contribution in [3.63, 3.8) is 0 Å². The van der Waals surface area contributed by atoms with Crippen LogP contribution in [0.4, 0.5) is 0 Å². The van der Waals surface area contributed by atoms with Crippen LogP contribution in [0, 0.1) is 0 Å². The first-order chi connectivity index (χ1) is 19.0. The molecule has 2 atom stereocenters. The van der Waals surface area contributed by atoms with E-state index in [9.17, 15) is 4.79 Å². The Bertz CT molecular complexity index is 1290. The van der Waals surface area contributed by atoms with E-state index in [1.54, 1.807) is 0 Å². The van der Waals surface area contributed by atoms with E-state index >= 15 is 0 Å². The predicted molar refractivity (Wildman–Crippen MR) is 158 cm³/mol. The highest BCUT2D eigenvalue weighted by atomic mass is 16.7. The summed E-state index contributed by atoms with van der Waals surface area (Å²) in [6.07, 6.45) is 2.16. The average molecular weight is 523 g/mol. The molecule has 0 N–H and O–H groups in total. The molecular weight excluding hydrogens is 484 g/mol. The largest absolute Gasteiger partial charge is 0.465 e. The van der Waals surface area contributed by atoms with Gasteiger partial charge in [0.2, 0.25) is 0 Å². The molecule has 0 aliphatic carbocycles. The SMILES string of the molecule is CCC(C)c1ccc(OC(C)OCCCc2c(-c3ccccc3)cccc2-c2ccccc2)c(C(=O)OC)c1. The Labute approximate surface area is 232 Å². The highest BCUT2D eigenvalue weighted by Crippen LogP contribution is 2.33. The van der Waals surface area contributed by atoms with Crippen LogP contribution >= 0.6 is 0 Å². The molecule has 2 unspecified atom stereocenters. The molecule has 4 aromatic rings. The molecule has 0 saturated heterocycles. The first-order valence-corrected chi connectivity index (χ1v) is 13.7. The van der Waals surface area contributed by atoms with Crippen LogP contribution < -0.4 is 4.74 Å². The number of rotatable bonds is 12. The quantitative estimate of drug-likeness (QED) is 0.106. The van der Waals surface area contributed by atoms with E-state index in [-0.39, 0.29) is 0 Å². The summed E-state index contributed by atoms with van der Waals surface area (Å²) in [4.78, 5) is 12.5. The summed E-state index contributed by atoms with van der Waals surface area (Å²) in [5.41, 5.74) is 7.72. The second kappa shape index (κ2) is 13.8. The maximum atomic E-state index is 12.5. The van der Waals surface area contributed by atoms with Gasteiger partial charge in [-0.1, -0.05) is 98.8 Å². The number of carbonyl (C=O) groups is 1. The summed E-state index contributed by atoms with van der Waals surface area (Å²) in [5, 5.41) is 0. The van der Waals surface area contributed by atoms with Gasteiger partial charge >= 0.3 is 5.97 Å². The zero-order chi connectivity index (χ0) is 27.6. The van der Waals surface area contributed by atoms with Crippen LogP contribution in [0.25, 0.3) is 22.3 Å². The van der Waals surface area contributed by atoms with Crippen molar-refractivity contribution in [2.24, 2.45) is 0 Å². The zero-order valence-corrected chi connectivity index (χ0v) is 23.4. The molecule has 4 aromatic carbocycles. The van der Waals surface area contributed by atoms with Gasteiger partial charge in [0, 0.05) is 0 Å². The lowest BCUT2D eigenvalue weighted by molar-refractivity contribution is -0.0675. The van der Waals surface area contributed by atoms with Crippen LogP contribution in [0.5, 0.6) is 5.75 Å². The Morgan fingerprint density at radius 1 is 0.795 bits per heavy atom. The first-order valence-electron chi connectivity index (χ1n) is 13.7. The van der Waals surface area contributed by atoms with Gasteiger partial charge < -0.3 is 14.2 Å². The number of benzene rings is 4. The molecule has 0 saturated carbocycles. The van der Waals surface area contributed by atoms with Crippen molar-refractivity contribution in [1.29, 1.82) is 0 Å². The highest BCUT2D eigenvalue weighted by Gasteiger charge is 2.18. The molecule has 202 valence electrons. The van der Waals surface area contributed by atoms with Gasteiger partial charge in [-0.3, -0.25) is 0 Å². The van der Waals surface area contributed by atoms with Crippen molar-refractivity contribution in [1.82, 2.24) is 0 Å². The Kier molecular flexibility index (Phi) is 9.93. The fraction of sp³-hybridized carbons (Fsp3) is 0.286. The number of hydrogen-bond donors (Lipinski definition) is 0. The van der Waals surface area contributed by atoms with Gasteiger partial charge in [-0.15, -0.1) is 0 Å². The third-order valence-corrected chi connectivity index (χ3v) is 7.15. The van der Waals surface area contributed by atoms with Crippen molar-refractivity contribution < 1.29 is 19.0 Å². The minimum absolute atomic E-state index is 0.343. The Hall–Kier alpha value is -3.89. The summed E-state index contributed by atoms with van der Waals surface area (Å²) >= 11 is 0. The van der Waals surface area contributed by atoms with Crippen molar-refractivity contribution in [3.05, 3.63) is 114 Å². The number of hydrogen-bond acceptors (Lipinski definition) is 4. The van der Waals surface area contributed by atoms with E-state index in [0.29, 0.717) is 23.8 Å². The molecule has 39 heavy (non-hydrogen) atoms. The standard InChI is InChI=1S/C35H38O4/c1-5-25(2)29-21-22-34(33(24-29)35(36)37-4)39-26(3)38-23-13-20-32-30(27-14-8-6-9-15-27)18-12-19-31(32)28-16-10-7-11-17-28/h6-12,14-19,21-22,24-26H,5,13,20,23H2,1-4H3. The van der Waals surface area contributed by atoms with Gasteiger partial charge in [0.25, 0.3) is 0 Å². The van der Waals surface area contributed by atoms with Crippen molar-refractivity contribution in [3.8, 4) is 28.0 Å². The van der Waals surface area contributed by atoms with Gasteiger partial charge in [0.1, 0.15) is 11.3 Å². The minimum Gasteiger partial charge on any atom is -0.465 e. The average Bonchev–Trinajstić information content (AvgIpc) is 2.99. The Morgan fingerprint density at radius 3 is 1.97 bits per heavy atom. The molecule has 0 aromatic heterocycles. The van der Waals surface area contributed by atoms with Crippen molar-refractivity contribution in [2.45, 2.75) is 52.2 Å². The number of carbonyl (C=O) groups excluding carboxylic acids is 1. The van der Waals surface area contributed by atoms with E-state index < -0.39 is 12.3 Å². The lowest BCUT2D eigenvalue weighted by atomic mass is 9.89. The molecule has 0 spiro atoms. The van der Waals surface area contributed by atoms with E-state index in [0.717, 1.165) is 24.8 Å². The lowest BCUT2D eigenvalue weighted by Crippen LogP contribution is -2.19. The molecule has 0 bridgehead atoms. The second-order valence-electron chi connectivity index (χ2n) is 9.78. The molecule has 4 nitrogen and oxygen atoms in total. The van der Waals surface area contributed by atoms with E-state index in [4.69, 9.17) is 14.2 Å². The summed E-state index contributed by atoms with van der Waals surface area (Å²) in [6.45, 7) is 6.65. The molecule has 0 aliphatic rings. The molecule has 0 radical (unpaired) electrons. The Morgan fingerprint density at radius 2 is 1.41 bits per heavy atom. The van der Waals surface area contributed by atoms with Crippen LogP contribution in [0.3, 0.4) is 0 Å². The van der Waals surface area contributed by atoms with Crippen LogP contribution in [-0.4, -0.2) is 26.0 Å². The van der Waals surface area contributed by atoms with Gasteiger partial charge in [0.15, 0.2) is 6.29 Å². The highest BCUT2D eigenvalue weighted by molar-refractivity contribution is 5.92.